The van der Waals surface area contributed by atoms with Crippen LogP contribution in [0.2, 0.25) is 0 Å². The van der Waals surface area contributed by atoms with Crippen molar-refractivity contribution in [2.24, 2.45) is 0 Å². The molecule has 1 saturated heterocycles. The van der Waals surface area contributed by atoms with Gasteiger partial charge in [-0.15, -0.1) is 11.3 Å². The van der Waals surface area contributed by atoms with Gasteiger partial charge in [0.2, 0.25) is 0 Å². The number of rotatable bonds is 7. The molecule has 0 saturated carbocycles. The fraction of sp³-hybridized carbons (Fsp3) is 0.393. The van der Waals surface area contributed by atoms with Crippen molar-refractivity contribution in [2.75, 3.05) is 51.7 Å². The second kappa shape index (κ2) is 12.0. The van der Waals surface area contributed by atoms with Gasteiger partial charge in [0.05, 0.1) is 17.6 Å². The van der Waals surface area contributed by atoms with E-state index in [1.54, 1.807) is 11.8 Å². The summed E-state index contributed by atoms with van der Waals surface area (Å²) in [6.45, 7) is 11.1. The third kappa shape index (κ3) is 5.79. The monoisotopic (exact) mass is 538 g/mol. The maximum Gasteiger partial charge on any atom is 0.341 e. The topological polar surface area (TPSA) is 65.1 Å². The molecule has 2 heterocycles. The van der Waals surface area contributed by atoms with Gasteiger partial charge in [0.15, 0.2) is 5.11 Å². The van der Waals surface area contributed by atoms with Gasteiger partial charge < -0.3 is 19.9 Å². The molecule has 1 aliphatic heterocycles. The first-order valence-electron chi connectivity index (χ1n) is 12.6. The van der Waals surface area contributed by atoms with Crippen LogP contribution in [0.5, 0.6) is 0 Å². The van der Waals surface area contributed by atoms with Crippen LogP contribution in [0, 0.1) is 6.92 Å². The highest BCUT2D eigenvalue weighted by Gasteiger charge is 2.29. The van der Waals surface area contributed by atoms with E-state index in [2.05, 4.69) is 57.6 Å². The molecule has 1 amide bonds. The summed E-state index contributed by atoms with van der Waals surface area (Å²) in [7, 11) is 1.35. The van der Waals surface area contributed by atoms with Gasteiger partial charge in [-0.25, -0.2) is 4.79 Å². The number of methoxy groups -OCH3 is 1. The van der Waals surface area contributed by atoms with Crippen LogP contribution in [-0.4, -0.2) is 78.1 Å². The van der Waals surface area contributed by atoms with Crippen LogP contribution in [0.15, 0.2) is 42.5 Å². The molecular weight excluding hydrogens is 504 g/mol. The van der Waals surface area contributed by atoms with Gasteiger partial charge in [0, 0.05) is 45.8 Å². The number of anilines is 1. The molecule has 0 unspecified atom stereocenters. The Kier molecular flexibility index (Phi) is 8.79. The van der Waals surface area contributed by atoms with Crippen LogP contribution in [-0.2, 0) is 11.3 Å². The summed E-state index contributed by atoms with van der Waals surface area (Å²) >= 11 is 7.01. The number of esters is 1. The van der Waals surface area contributed by atoms with Gasteiger partial charge in [-0.3, -0.25) is 9.69 Å². The number of fused-ring (bicyclic) bond motifs is 1. The van der Waals surface area contributed by atoms with E-state index in [-0.39, 0.29) is 5.91 Å². The summed E-state index contributed by atoms with van der Waals surface area (Å²) in [5.74, 6) is -0.559. The van der Waals surface area contributed by atoms with E-state index < -0.39 is 5.97 Å². The molecule has 0 spiro atoms. The summed E-state index contributed by atoms with van der Waals surface area (Å²) in [6.07, 6.45) is 0. The highest BCUT2D eigenvalue weighted by atomic mass is 32.1. The molecule has 0 atom stereocenters. The third-order valence-electron chi connectivity index (χ3n) is 6.94. The minimum atomic E-state index is -0.474. The molecular formula is C28H34N4O3S2. The van der Waals surface area contributed by atoms with Gasteiger partial charge in [0.1, 0.15) is 5.00 Å². The van der Waals surface area contributed by atoms with E-state index in [4.69, 9.17) is 17.0 Å². The average molecular weight is 539 g/mol. The third-order valence-corrected chi connectivity index (χ3v) is 8.49. The predicted molar refractivity (Wildman–Crippen MR) is 155 cm³/mol. The number of carbonyl (C=O) groups excluding carboxylic acids is 2. The molecule has 1 N–H and O–H groups in total. The smallest absolute Gasteiger partial charge is 0.341 e. The molecule has 196 valence electrons. The maximum absolute atomic E-state index is 13.1. The molecule has 9 heteroatoms. The summed E-state index contributed by atoms with van der Waals surface area (Å²) < 4.78 is 5.03. The predicted octanol–water partition coefficient (Wildman–Crippen LogP) is 4.99. The number of thiophene rings is 1. The van der Waals surface area contributed by atoms with Crippen LogP contribution in [0.25, 0.3) is 10.8 Å². The zero-order valence-corrected chi connectivity index (χ0v) is 23.5. The Balaban J connectivity index is 1.44. The highest BCUT2D eigenvalue weighted by Crippen LogP contribution is 2.35. The second-order valence-electron chi connectivity index (χ2n) is 9.06. The van der Waals surface area contributed by atoms with Gasteiger partial charge in [-0.1, -0.05) is 42.5 Å². The highest BCUT2D eigenvalue weighted by molar-refractivity contribution is 7.80. The summed E-state index contributed by atoms with van der Waals surface area (Å²) in [5, 5.41) is 6.93. The van der Waals surface area contributed by atoms with Crippen molar-refractivity contribution in [3.05, 3.63) is 64.0 Å². The molecule has 0 radical (unpaired) electrons. The standard InChI is InChI=1S/C28H34N4O3S2/c1-5-31(6-2)26(33)24-19(3)23(27(34)35-4)25(37-24)29-28(36)32-16-14-30(15-17-32)18-21-12-9-11-20-10-7-8-13-22(20)21/h7-13H,5-6,14-18H2,1-4H3,(H,29,36). The van der Waals surface area contributed by atoms with Gasteiger partial charge in [0.25, 0.3) is 5.91 Å². The van der Waals surface area contributed by atoms with Crippen LogP contribution in [0.3, 0.4) is 0 Å². The fourth-order valence-corrected chi connectivity index (χ4v) is 6.28. The van der Waals surface area contributed by atoms with Crippen LogP contribution in [0.1, 0.15) is 45.0 Å². The second-order valence-corrected chi connectivity index (χ2v) is 10.5. The number of piperazine rings is 1. The Bertz CT molecular complexity index is 1290. The lowest BCUT2D eigenvalue weighted by Gasteiger charge is -2.36. The first-order valence-corrected chi connectivity index (χ1v) is 13.9. The SMILES string of the molecule is CCN(CC)C(=O)c1sc(NC(=S)N2CCN(Cc3cccc4ccccc34)CC2)c(C(=O)OC)c1C. The number of nitrogens with zero attached hydrogens (tertiary/aromatic N) is 3. The number of hydrogen-bond acceptors (Lipinski definition) is 6. The average Bonchev–Trinajstić information content (AvgIpc) is 3.24. The van der Waals surface area contributed by atoms with E-state index in [0.717, 1.165) is 32.7 Å². The van der Waals surface area contributed by atoms with Gasteiger partial charge in [-0.2, -0.15) is 0 Å². The van der Waals surface area contributed by atoms with Crippen molar-refractivity contribution < 1.29 is 14.3 Å². The largest absolute Gasteiger partial charge is 0.465 e. The minimum Gasteiger partial charge on any atom is -0.465 e. The Morgan fingerprint density at radius 1 is 1.05 bits per heavy atom. The van der Waals surface area contributed by atoms with Gasteiger partial charge in [-0.05, 0) is 54.9 Å². The molecule has 1 aromatic heterocycles. The van der Waals surface area contributed by atoms with Crippen molar-refractivity contribution in [2.45, 2.75) is 27.3 Å². The van der Waals surface area contributed by atoms with Gasteiger partial charge >= 0.3 is 5.97 Å². The molecule has 1 aliphatic rings. The lowest BCUT2D eigenvalue weighted by Crippen LogP contribution is -2.49. The molecule has 1 fully saturated rings. The minimum absolute atomic E-state index is 0.0846. The zero-order valence-electron chi connectivity index (χ0n) is 21.9. The first-order chi connectivity index (χ1) is 17.9. The Labute approximate surface area is 228 Å². The number of amides is 1. The maximum atomic E-state index is 13.1. The van der Waals surface area contributed by atoms with Crippen molar-refractivity contribution >= 4 is 56.3 Å². The zero-order chi connectivity index (χ0) is 26.5. The molecule has 3 aromatic rings. The molecule has 0 aliphatic carbocycles. The number of nitrogens with one attached hydrogen (secondary N) is 1. The molecule has 7 nitrogen and oxygen atoms in total. The van der Waals surface area contributed by atoms with Crippen molar-refractivity contribution in [1.82, 2.24) is 14.7 Å². The molecule has 37 heavy (non-hydrogen) atoms. The molecule has 4 rings (SSSR count). The van der Waals surface area contributed by atoms with Crippen molar-refractivity contribution in [1.29, 1.82) is 0 Å². The first kappa shape index (κ1) is 27.0. The van der Waals surface area contributed by atoms with Crippen molar-refractivity contribution in [3.8, 4) is 0 Å². The van der Waals surface area contributed by atoms with E-state index >= 15 is 0 Å². The van der Waals surface area contributed by atoms with E-state index in [1.165, 1.54) is 34.8 Å². The van der Waals surface area contributed by atoms with Crippen LogP contribution in [0.4, 0.5) is 5.00 Å². The number of hydrogen-bond donors (Lipinski definition) is 1. The quantitative estimate of drug-likeness (QED) is 0.336. The summed E-state index contributed by atoms with van der Waals surface area (Å²) in [5.41, 5.74) is 2.33. The van der Waals surface area contributed by atoms with Crippen molar-refractivity contribution in [3.63, 3.8) is 0 Å². The summed E-state index contributed by atoms with van der Waals surface area (Å²) in [6, 6.07) is 15.0. The number of ether oxygens (including phenoxy) is 1. The number of benzene rings is 2. The lowest BCUT2D eigenvalue weighted by atomic mass is 10.0. The normalized spacial score (nSPS) is 14.0. The van der Waals surface area contributed by atoms with Crippen LogP contribution >= 0.6 is 23.6 Å². The Morgan fingerprint density at radius 2 is 1.73 bits per heavy atom. The fourth-order valence-electron chi connectivity index (χ4n) is 4.76. The van der Waals surface area contributed by atoms with E-state index in [1.807, 2.05) is 13.8 Å². The Morgan fingerprint density at radius 3 is 2.41 bits per heavy atom. The molecule has 2 aromatic carbocycles. The van der Waals surface area contributed by atoms with E-state index in [9.17, 15) is 9.59 Å². The lowest BCUT2D eigenvalue weighted by molar-refractivity contribution is 0.0601. The van der Waals surface area contributed by atoms with E-state index in [0.29, 0.717) is 39.2 Å². The Hall–Kier alpha value is -3.01. The van der Waals surface area contributed by atoms with Crippen LogP contribution < -0.4 is 5.32 Å². The number of thiocarbonyl (C=S) groups is 1. The number of carbonyl (C=O) groups is 2. The molecule has 0 bridgehead atoms. The summed E-state index contributed by atoms with van der Waals surface area (Å²) in [4.78, 5) is 32.5.